The monoisotopic (exact) mass is 463 g/mol. The highest BCUT2D eigenvalue weighted by molar-refractivity contribution is 6.02. The van der Waals surface area contributed by atoms with E-state index < -0.39 is 0 Å². The van der Waals surface area contributed by atoms with Crippen LogP contribution in [0.25, 0.3) is 68.3 Å². The van der Waals surface area contributed by atoms with E-state index in [0.717, 1.165) is 50.4 Å². The van der Waals surface area contributed by atoms with Crippen molar-refractivity contribution in [1.82, 2.24) is 19.9 Å². The maximum absolute atomic E-state index is 4.83. The van der Waals surface area contributed by atoms with Crippen LogP contribution in [-0.4, -0.2) is 37.3 Å². The highest BCUT2D eigenvalue weighted by Gasteiger charge is 2.09. The summed E-state index contributed by atoms with van der Waals surface area (Å²) in [5.41, 5.74) is 10.1. The molecule has 0 saturated carbocycles. The van der Waals surface area contributed by atoms with Crippen LogP contribution in [0.4, 0.5) is 0 Å². The van der Waals surface area contributed by atoms with Gasteiger partial charge in [-0.3, -0.25) is 0 Å². The van der Waals surface area contributed by atoms with Crippen LogP contribution >= 0.6 is 0 Å². The first-order chi connectivity index (χ1) is 16.8. The molecule has 7 rings (SSSR count). The van der Waals surface area contributed by atoms with Gasteiger partial charge in [-0.05, 0) is 83.1 Å². The molecule has 35 heavy (non-hydrogen) atoms. The van der Waals surface area contributed by atoms with Crippen molar-refractivity contribution in [3.05, 3.63) is 108 Å². The van der Waals surface area contributed by atoms with Gasteiger partial charge in [0.15, 0.2) is 0 Å². The smallest absolute Gasteiger partial charge is 0.0658 e. The Bertz CT molecular complexity index is 1820. The van der Waals surface area contributed by atoms with E-state index in [-0.39, 0.29) is 17.4 Å². The summed E-state index contributed by atoms with van der Waals surface area (Å²) in [6, 6.07) is 29.6. The Morgan fingerprint density at radius 1 is 0.486 bits per heavy atom. The van der Waals surface area contributed by atoms with Gasteiger partial charge in [0.1, 0.15) is 0 Å². The zero-order valence-electron chi connectivity index (χ0n) is 18.9. The molecule has 5 aromatic rings. The maximum Gasteiger partial charge on any atom is 0.0658 e. The maximum atomic E-state index is 4.83. The predicted octanol–water partition coefficient (Wildman–Crippen LogP) is 7.10. The molecule has 2 aliphatic rings. The van der Waals surface area contributed by atoms with Crippen LogP contribution in [0.1, 0.15) is 22.8 Å². The highest BCUT2D eigenvalue weighted by atomic mass is 27.0. The summed E-state index contributed by atoms with van der Waals surface area (Å²) in [6.45, 7) is 0. The first kappa shape index (κ1) is 21.4. The Morgan fingerprint density at radius 2 is 1.09 bits per heavy atom. The predicted molar refractivity (Wildman–Crippen MR) is 148 cm³/mol. The highest BCUT2D eigenvalue weighted by Crippen LogP contribution is 2.33. The quantitative estimate of drug-likeness (QED) is 0.255. The van der Waals surface area contributed by atoms with Crippen molar-refractivity contribution >= 4 is 74.5 Å². The second kappa shape index (κ2) is 8.56. The lowest BCUT2D eigenvalue weighted by molar-refractivity contribution is 1.31. The SMILES string of the molecule is C1=Cc2cc3cc(-c4cccc5ccccc45)c(cc4nc(cc5ccc(cc1n2)[nH]5)C=C4)[nH]3.[Al]. The molecule has 3 aromatic heterocycles. The number of nitrogens with zero attached hydrogens (tertiary/aromatic N) is 2. The molecule has 0 atom stereocenters. The second-order valence-corrected chi connectivity index (χ2v) is 8.61. The van der Waals surface area contributed by atoms with Crippen LogP contribution in [0.5, 0.6) is 0 Å². The summed E-state index contributed by atoms with van der Waals surface area (Å²) in [7, 11) is 0. The molecule has 2 aromatic carbocycles. The van der Waals surface area contributed by atoms with E-state index in [0.29, 0.717) is 0 Å². The van der Waals surface area contributed by atoms with E-state index in [1.54, 1.807) is 0 Å². The van der Waals surface area contributed by atoms with Crippen molar-refractivity contribution in [3.8, 4) is 11.1 Å². The van der Waals surface area contributed by atoms with E-state index >= 15 is 0 Å². The number of fused-ring (bicyclic) bond motifs is 9. The van der Waals surface area contributed by atoms with E-state index in [1.165, 1.54) is 16.3 Å². The Balaban J connectivity index is 0.00000229. The lowest BCUT2D eigenvalue weighted by atomic mass is 9.99. The van der Waals surface area contributed by atoms with E-state index in [9.17, 15) is 0 Å². The van der Waals surface area contributed by atoms with Crippen LogP contribution in [-0.2, 0) is 0 Å². The van der Waals surface area contributed by atoms with Crippen molar-refractivity contribution in [3.63, 3.8) is 0 Å². The third-order valence-corrected chi connectivity index (χ3v) is 6.25. The van der Waals surface area contributed by atoms with E-state index in [2.05, 4.69) is 101 Å². The van der Waals surface area contributed by atoms with Crippen LogP contribution < -0.4 is 0 Å². The van der Waals surface area contributed by atoms with Crippen LogP contribution in [0, 0.1) is 0 Å². The standard InChI is InChI=1S/C30H20N4.Al/c1-2-6-27-19(4-1)5-3-7-28(27)29-17-26-16-24-11-10-22(32-24)14-20-8-9-21(31-20)15-23-12-13-25(33-23)18-30(29)34-26;/h1-18,31,34H;. The number of nitrogens with one attached hydrogen (secondary N) is 2. The Kier molecular flexibility index (Phi) is 5.23. The zero-order valence-corrected chi connectivity index (χ0v) is 20.0. The fraction of sp³-hybridized carbons (Fsp3) is 0. The molecule has 5 heterocycles. The van der Waals surface area contributed by atoms with Crippen LogP contribution in [0.15, 0.2) is 84.9 Å². The molecular weight excluding hydrogens is 443 g/mol. The van der Waals surface area contributed by atoms with Crippen molar-refractivity contribution in [2.24, 2.45) is 0 Å². The van der Waals surface area contributed by atoms with Gasteiger partial charge in [-0.25, -0.2) is 9.97 Å². The summed E-state index contributed by atoms with van der Waals surface area (Å²) in [6.07, 6.45) is 8.20. The van der Waals surface area contributed by atoms with Gasteiger partial charge in [-0.15, -0.1) is 0 Å². The summed E-state index contributed by atoms with van der Waals surface area (Å²) in [5.74, 6) is 0. The number of aromatic amines is 2. The third kappa shape index (κ3) is 4.02. The molecule has 4 nitrogen and oxygen atoms in total. The zero-order chi connectivity index (χ0) is 22.5. The third-order valence-electron chi connectivity index (χ3n) is 6.25. The lowest BCUT2D eigenvalue weighted by Crippen LogP contribution is -1.80. The number of H-pyrrole nitrogens is 2. The van der Waals surface area contributed by atoms with Crippen molar-refractivity contribution in [2.75, 3.05) is 0 Å². The van der Waals surface area contributed by atoms with Gasteiger partial charge >= 0.3 is 0 Å². The minimum absolute atomic E-state index is 0. The topological polar surface area (TPSA) is 57.4 Å². The van der Waals surface area contributed by atoms with Gasteiger partial charge < -0.3 is 9.97 Å². The summed E-state index contributed by atoms with van der Waals surface area (Å²) in [5, 5.41) is 2.45. The minimum Gasteiger partial charge on any atom is -0.355 e. The van der Waals surface area contributed by atoms with Gasteiger partial charge in [0, 0.05) is 45.0 Å². The number of aromatic nitrogens is 4. The van der Waals surface area contributed by atoms with Gasteiger partial charge in [-0.1, -0.05) is 42.5 Å². The van der Waals surface area contributed by atoms with Gasteiger partial charge in [0.05, 0.1) is 22.8 Å². The number of hydrogen-bond acceptors (Lipinski definition) is 2. The largest absolute Gasteiger partial charge is 0.355 e. The lowest BCUT2D eigenvalue weighted by Gasteiger charge is -2.05. The van der Waals surface area contributed by atoms with Crippen LogP contribution in [0.2, 0.25) is 0 Å². The Labute approximate surface area is 212 Å². The van der Waals surface area contributed by atoms with Gasteiger partial charge in [-0.2, -0.15) is 0 Å². The molecule has 0 aliphatic carbocycles. The summed E-state index contributed by atoms with van der Waals surface area (Å²) < 4.78 is 0. The minimum atomic E-state index is 0. The van der Waals surface area contributed by atoms with Gasteiger partial charge in [0.2, 0.25) is 0 Å². The Morgan fingerprint density at radius 3 is 1.80 bits per heavy atom. The molecule has 5 heteroatoms. The number of hydrogen-bond donors (Lipinski definition) is 2. The fourth-order valence-electron chi connectivity index (χ4n) is 4.70. The molecule has 0 unspecified atom stereocenters. The molecule has 0 fully saturated rings. The summed E-state index contributed by atoms with van der Waals surface area (Å²) >= 11 is 0. The second-order valence-electron chi connectivity index (χ2n) is 8.61. The average Bonchev–Trinajstić information content (AvgIpc) is 3.64. The number of benzene rings is 2. The molecule has 0 saturated heterocycles. The molecule has 0 amide bonds. The van der Waals surface area contributed by atoms with E-state index in [4.69, 9.17) is 9.97 Å². The van der Waals surface area contributed by atoms with Crippen molar-refractivity contribution in [1.29, 1.82) is 0 Å². The van der Waals surface area contributed by atoms with Crippen LogP contribution in [0.3, 0.4) is 0 Å². The molecule has 2 aliphatic heterocycles. The molecular formula is C30H20AlN4. The van der Waals surface area contributed by atoms with Crippen molar-refractivity contribution in [2.45, 2.75) is 0 Å². The normalized spacial score (nSPS) is 12.1. The number of rotatable bonds is 1. The molecule has 2 N–H and O–H groups in total. The Hall–Kier alpha value is -4.17. The van der Waals surface area contributed by atoms with E-state index in [1.807, 2.05) is 18.2 Å². The first-order valence-electron chi connectivity index (χ1n) is 11.3. The summed E-state index contributed by atoms with van der Waals surface area (Å²) in [4.78, 5) is 16.6. The molecule has 3 radical (unpaired) electrons. The van der Waals surface area contributed by atoms with Gasteiger partial charge in [0.25, 0.3) is 0 Å². The average molecular weight is 464 g/mol. The molecule has 0 spiro atoms. The molecule has 8 bridgehead atoms. The van der Waals surface area contributed by atoms with Crippen molar-refractivity contribution < 1.29 is 0 Å². The fourth-order valence-corrected chi connectivity index (χ4v) is 4.70. The first-order valence-corrected chi connectivity index (χ1v) is 11.3. The molecule has 163 valence electrons.